The molecule has 0 amide bonds. The van der Waals surface area contributed by atoms with E-state index in [1.807, 2.05) is 0 Å². The van der Waals surface area contributed by atoms with Crippen LogP contribution in [0.15, 0.2) is 12.1 Å². The summed E-state index contributed by atoms with van der Waals surface area (Å²) in [6.45, 7) is 6.68. The van der Waals surface area contributed by atoms with Crippen molar-refractivity contribution in [2.75, 3.05) is 0 Å². The zero-order valence-electron chi connectivity index (χ0n) is 11.2. The molecule has 1 N–H and O–H groups in total. The summed E-state index contributed by atoms with van der Waals surface area (Å²) in [6, 6.07) is 4.25. The number of aliphatic hydroxyl groups is 1. The third-order valence-electron chi connectivity index (χ3n) is 3.83. The van der Waals surface area contributed by atoms with Crippen molar-refractivity contribution in [3.8, 4) is 0 Å². The van der Waals surface area contributed by atoms with Crippen molar-refractivity contribution in [1.29, 1.82) is 0 Å². The van der Waals surface area contributed by atoms with E-state index >= 15 is 0 Å². The van der Waals surface area contributed by atoms with Crippen LogP contribution in [0.4, 0.5) is 0 Å². The van der Waals surface area contributed by atoms with Gasteiger partial charge in [0.2, 0.25) is 0 Å². The Morgan fingerprint density at radius 3 is 2.82 bits per heavy atom. The predicted molar refractivity (Wildman–Crippen MR) is 74.4 cm³/mol. The molecule has 2 rings (SSSR count). The van der Waals surface area contributed by atoms with E-state index in [1.54, 1.807) is 11.3 Å². The Kier molecular flexibility index (Phi) is 3.94. The summed E-state index contributed by atoms with van der Waals surface area (Å²) in [6.07, 6.45) is 5.63. The minimum atomic E-state index is -0.531. The maximum atomic E-state index is 10.8. The van der Waals surface area contributed by atoms with Crippen LogP contribution in [-0.4, -0.2) is 5.11 Å². The van der Waals surface area contributed by atoms with Gasteiger partial charge >= 0.3 is 0 Å². The highest BCUT2D eigenvalue weighted by molar-refractivity contribution is 7.12. The first-order valence-electron chi connectivity index (χ1n) is 6.79. The van der Waals surface area contributed by atoms with Crippen LogP contribution in [-0.2, 0) is 5.60 Å². The fraction of sp³-hybridized carbons (Fsp3) is 0.733. The molecule has 96 valence electrons. The Hall–Kier alpha value is -0.340. The minimum Gasteiger partial charge on any atom is -0.384 e. The van der Waals surface area contributed by atoms with Gasteiger partial charge in [0.1, 0.15) is 0 Å². The fourth-order valence-corrected chi connectivity index (χ4v) is 4.14. The first-order chi connectivity index (χ1) is 7.99. The van der Waals surface area contributed by atoms with Crippen LogP contribution in [0, 0.1) is 18.8 Å². The molecule has 2 unspecified atom stereocenters. The standard InChI is InChI=1S/C15H24OS/c1-11(2)9-13-5-4-8-15(16,10-13)14-7-6-12(3)17-14/h6-7,11,13,16H,4-5,8-10H2,1-3H3. The topological polar surface area (TPSA) is 20.2 Å². The van der Waals surface area contributed by atoms with E-state index in [2.05, 4.69) is 32.9 Å². The molecule has 0 spiro atoms. The van der Waals surface area contributed by atoms with E-state index in [0.717, 1.165) is 18.8 Å². The van der Waals surface area contributed by atoms with E-state index in [0.29, 0.717) is 5.92 Å². The second-order valence-electron chi connectivity index (χ2n) is 6.03. The Bertz CT molecular complexity index is 369. The zero-order valence-corrected chi connectivity index (χ0v) is 12.0. The highest BCUT2D eigenvalue weighted by Crippen LogP contribution is 2.44. The summed E-state index contributed by atoms with van der Waals surface area (Å²) in [5.41, 5.74) is -0.531. The number of rotatable bonds is 3. The van der Waals surface area contributed by atoms with Gasteiger partial charge < -0.3 is 5.11 Å². The Balaban J connectivity index is 2.09. The molecule has 0 aromatic carbocycles. The highest BCUT2D eigenvalue weighted by Gasteiger charge is 2.36. The fourth-order valence-electron chi connectivity index (χ4n) is 3.14. The summed E-state index contributed by atoms with van der Waals surface area (Å²) in [4.78, 5) is 2.49. The zero-order chi connectivity index (χ0) is 12.5. The van der Waals surface area contributed by atoms with Gasteiger partial charge in [-0.15, -0.1) is 11.3 Å². The number of hydrogen-bond donors (Lipinski definition) is 1. The van der Waals surface area contributed by atoms with Gasteiger partial charge in [-0.25, -0.2) is 0 Å². The van der Waals surface area contributed by atoms with Crippen molar-refractivity contribution in [2.24, 2.45) is 11.8 Å². The molecule has 1 aliphatic carbocycles. The molecule has 1 aromatic rings. The van der Waals surface area contributed by atoms with Crippen LogP contribution in [0.3, 0.4) is 0 Å². The molecule has 0 saturated heterocycles. The third-order valence-corrected chi connectivity index (χ3v) is 5.03. The molecule has 1 fully saturated rings. The SMILES string of the molecule is Cc1ccc(C2(O)CCCC(CC(C)C)C2)s1. The lowest BCUT2D eigenvalue weighted by Crippen LogP contribution is -2.32. The van der Waals surface area contributed by atoms with Gasteiger partial charge in [-0.2, -0.15) is 0 Å². The molecule has 0 radical (unpaired) electrons. The maximum absolute atomic E-state index is 10.8. The van der Waals surface area contributed by atoms with Crippen LogP contribution in [0.1, 0.15) is 55.7 Å². The molecule has 1 aromatic heterocycles. The van der Waals surface area contributed by atoms with Crippen molar-refractivity contribution in [1.82, 2.24) is 0 Å². The first kappa shape index (κ1) is 13.1. The number of aryl methyl sites for hydroxylation is 1. The van der Waals surface area contributed by atoms with Gasteiger partial charge in [-0.1, -0.05) is 20.3 Å². The summed E-state index contributed by atoms with van der Waals surface area (Å²) in [5.74, 6) is 1.45. The Labute approximate surface area is 109 Å². The van der Waals surface area contributed by atoms with Gasteiger partial charge in [-0.05, 0) is 56.6 Å². The molecule has 17 heavy (non-hydrogen) atoms. The van der Waals surface area contributed by atoms with E-state index < -0.39 is 5.60 Å². The largest absolute Gasteiger partial charge is 0.384 e. The lowest BCUT2D eigenvalue weighted by atomic mass is 9.74. The van der Waals surface area contributed by atoms with Gasteiger partial charge in [0, 0.05) is 9.75 Å². The van der Waals surface area contributed by atoms with E-state index in [-0.39, 0.29) is 0 Å². The van der Waals surface area contributed by atoms with Crippen LogP contribution < -0.4 is 0 Å². The molecule has 0 bridgehead atoms. The van der Waals surface area contributed by atoms with Crippen LogP contribution in [0.2, 0.25) is 0 Å². The van der Waals surface area contributed by atoms with Crippen molar-refractivity contribution < 1.29 is 5.11 Å². The maximum Gasteiger partial charge on any atom is 0.0990 e. The molecule has 1 nitrogen and oxygen atoms in total. The smallest absolute Gasteiger partial charge is 0.0990 e. The van der Waals surface area contributed by atoms with Crippen LogP contribution in [0.5, 0.6) is 0 Å². The average molecular weight is 252 g/mol. The average Bonchev–Trinajstić information content (AvgIpc) is 2.64. The molecular formula is C15H24OS. The normalized spacial score (nSPS) is 29.8. The molecule has 1 saturated carbocycles. The number of thiophene rings is 1. The molecule has 1 aliphatic rings. The second-order valence-corrected chi connectivity index (χ2v) is 7.32. The van der Waals surface area contributed by atoms with E-state index in [9.17, 15) is 5.11 Å². The van der Waals surface area contributed by atoms with Gasteiger partial charge in [0.05, 0.1) is 5.60 Å². The number of hydrogen-bond acceptors (Lipinski definition) is 2. The quantitative estimate of drug-likeness (QED) is 0.841. The summed E-state index contributed by atoms with van der Waals surface area (Å²) in [7, 11) is 0. The summed E-state index contributed by atoms with van der Waals surface area (Å²) >= 11 is 1.76. The summed E-state index contributed by atoms with van der Waals surface area (Å²) in [5, 5.41) is 10.8. The monoisotopic (exact) mass is 252 g/mol. The summed E-state index contributed by atoms with van der Waals surface area (Å²) < 4.78 is 0. The Morgan fingerprint density at radius 1 is 1.47 bits per heavy atom. The van der Waals surface area contributed by atoms with Gasteiger partial charge in [0.25, 0.3) is 0 Å². The molecule has 1 heterocycles. The molecule has 2 atom stereocenters. The first-order valence-corrected chi connectivity index (χ1v) is 7.60. The van der Waals surface area contributed by atoms with Gasteiger partial charge in [0.15, 0.2) is 0 Å². The predicted octanol–water partition coefficient (Wildman–Crippen LogP) is 4.48. The van der Waals surface area contributed by atoms with Gasteiger partial charge in [-0.3, -0.25) is 0 Å². The molecular weight excluding hydrogens is 228 g/mol. The van der Waals surface area contributed by atoms with Crippen molar-refractivity contribution >= 4 is 11.3 Å². The molecule has 0 aliphatic heterocycles. The third kappa shape index (κ3) is 3.11. The second kappa shape index (κ2) is 5.11. The van der Waals surface area contributed by atoms with Crippen molar-refractivity contribution in [3.63, 3.8) is 0 Å². The van der Waals surface area contributed by atoms with E-state index in [4.69, 9.17) is 0 Å². The lowest BCUT2D eigenvalue weighted by molar-refractivity contribution is -0.0213. The van der Waals surface area contributed by atoms with Crippen molar-refractivity contribution in [2.45, 2.75) is 58.5 Å². The van der Waals surface area contributed by atoms with E-state index in [1.165, 1.54) is 29.0 Å². The lowest BCUT2D eigenvalue weighted by Gasteiger charge is -2.37. The van der Waals surface area contributed by atoms with Crippen LogP contribution in [0.25, 0.3) is 0 Å². The van der Waals surface area contributed by atoms with Crippen LogP contribution >= 0.6 is 11.3 Å². The molecule has 2 heteroatoms. The minimum absolute atomic E-state index is 0.531. The Morgan fingerprint density at radius 2 is 2.24 bits per heavy atom. The van der Waals surface area contributed by atoms with Crippen molar-refractivity contribution in [3.05, 3.63) is 21.9 Å². The highest BCUT2D eigenvalue weighted by atomic mass is 32.1.